The molecule has 0 aliphatic carbocycles. The molecule has 2 aromatic carbocycles. The maximum absolute atomic E-state index is 12.3. The van der Waals surface area contributed by atoms with E-state index >= 15 is 0 Å². The van der Waals surface area contributed by atoms with Crippen molar-refractivity contribution in [2.24, 2.45) is 0 Å². The van der Waals surface area contributed by atoms with Gasteiger partial charge in [-0.2, -0.15) is 5.10 Å². The first-order valence-electron chi connectivity index (χ1n) is 7.84. The molecule has 1 amide bonds. The van der Waals surface area contributed by atoms with E-state index in [0.29, 0.717) is 10.6 Å². The number of carbonyl (C=O) groups excluding carboxylic acids is 1. The molecule has 0 aliphatic heterocycles. The molecular weight excluding hydrogens is 352 g/mol. The molecular formula is C18H16N4O3S. The van der Waals surface area contributed by atoms with Crippen molar-refractivity contribution in [2.75, 3.05) is 11.1 Å². The second-order valence-corrected chi connectivity index (χ2v) is 6.77. The van der Waals surface area contributed by atoms with Gasteiger partial charge in [-0.3, -0.25) is 14.9 Å². The van der Waals surface area contributed by atoms with E-state index in [9.17, 15) is 14.9 Å². The van der Waals surface area contributed by atoms with E-state index in [1.165, 1.54) is 17.8 Å². The molecule has 0 unspecified atom stereocenters. The van der Waals surface area contributed by atoms with Crippen LogP contribution in [0.3, 0.4) is 0 Å². The molecule has 3 aromatic rings. The van der Waals surface area contributed by atoms with Crippen molar-refractivity contribution in [3.63, 3.8) is 0 Å². The van der Waals surface area contributed by atoms with Gasteiger partial charge >= 0.3 is 0 Å². The van der Waals surface area contributed by atoms with E-state index in [4.69, 9.17) is 0 Å². The van der Waals surface area contributed by atoms with Crippen molar-refractivity contribution < 1.29 is 9.72 Å². The molecule has 8 heteroatoms. The van der Waals surface area contributed by atoms with Crippen LogP contribution in [0.5, 0.6) is 0 Å². The first-order chi connectivity index (χ1) is 12.5. The van der Waals surface area contributed by atoms with Crippen molar-refractivity contribution in [3.05, 3.63) is 63.8 Å². The number of hydrogen-bond acceptors (Lipinski definition) is 6. The molecule has 0 atom stereocenters. The zero-order valence-corrected chi connectivity index (χ0v) is 15.0. The normalized spacial score (nSPS) is 10.7. The number of hydrogen-bond donors (Lipinski definition) is 1. The van der Waals surface area contributed by atoms with Gasteiger partial charge in [0, 0.05) is 16.8 Å². The van der Waals surface area contributed by atoms with Crippen molar-refractivity contribution in [3.8, 4) is 0 Å². The van der Waals surface area contributed by atoms with E-state index in [1.807, 2.05) is 24.3 Å². The Morgan fingerprint density at radius 3 is 2.81 bits per heavy atom. The molecule has 0 radical (unpaired) electrons. The lowest BCUT2D eigenvalue weighted by molar-refractivity contribution is -0.384. The van der Waals surface area contributed by atoms with Crippen molar-refractivity contribution in [1.82, 2.24) is 10.2 Å². The quantitative estimate of drug-likeness (QED) is 0.417. The molecule has 0 saturated carbocycles. The number of aromatic nitrogens is 2. The van der Waals surface area contributed by atoms with Crippen LogP contribution in [0, 0.1) is 24.0 Å². The van der Waals surface area contributed by atoms with Gasteiger partial charge in [0.1, 0.15) is 10.7 Å². The number of rotatable bonds is 5. The Kier molecular flexibility index (Phi) is 5.13. The minimum absolute atomic E-state index is 0.0765. The van der Waals surface area contributed by atoms with Gasteiger partial charge in [0.05, 0.1) is 16.9 Å². The number of nitro groups is 1. The number of amides is 1. The van der Waals surface area contributed by atoms with Gasteiger partial charge in [-0.15, -0.1) is 5.10 Å². The standard InChI is InChI=1S/C18H16N4O3S/c1-11-7-12(2)17(15(8-11)22(24)25)20-16(23)10-26-18-14-6-4-3-5-13(14)9-19-21-18/h3-9H,10H2,1-2H3,(H,20,23). The third-order valence-corrected chi connectivity index (χ3v) is 4.78. The topological polar surface area (TPSA) is 98.0 Å². The molecule has 1 N–H and O–H groups in total. The van der Waals surface area contributed by atoms with Crippen LogP contribution in [0.25, 0.3) is 10.8 Å². The van der Waals surface area contributed by atoms with Crippen molar-refractivity contribution in [1.29, 1.82) is 0 Å². The highest BCUT2D eigenvalue weighted by molar-refractivity contribution is 8.00. The molecule has 3 rings (SSSR count). The van der Waals surface area contributed by atoms with Gasteiger partial charge in [0.25, 0.3) is 5.69 Å². The van der Waals surface area contributed by atoms with Crippen LogP contribution in [-0.4, -0.2) is 26.8 Å². The Morgan fingerprint density at radius 2 is 2.04 bits per heavy atom. The van der Waals surface area contributed by atoms with Gasteiger partial charge in [0.15, 0.2) is 0 Å². The molecule has 26 heavy (non-hydrogen) atoms. The Morgan fingerprint density at radius 1 is 1.27 bits per heavy atom. The number of carbonyl (C=O) groups is 1. The fourth-order valence-electron chi connectivity index (χ4n) is 2.67. The Labute approximate surface area is 154 Å². The van der Waals surface area contributed by atoms with Crippen LogP contribution in [0.15, 0.2) is 47.6 Å². The number of fused-ring (bicyclic) bond motifs is 1. The number of nitro benzene ring substituents is 1. The number of anilines is 1. The lowest BCUT2D eigenvalue weighted by Crippen LogP contribution is -2.16. The van der Waals surface area contributed by atoms with E-state index in [1.54, 1.807) is 26.1 Å². The number of nitrogens with zero attached hydrogens (tertiary/aromatic N) is 3. The van der Waals surface area contributed by atoms with Gasteiger partial charge in [-0.1, -0.05) is 42.1 Å². The fourth-order valence-corrected chi connectivity index (χ4v) is 3.46. The second-order valence-electron chi connectivity index (χ2n) is 5.81. The SMILES string of the molecule is Cc1cc(C)c(NC(=O)CSc2nncc3ccccc23)c([N+](=O)[O-])c1. The van der Waals surface area contributed by atoms with Crippen LogP contribution in [0.1, 0.15) is 11.1 Å². The Hall–Kier alpha value is -3.00. The van der Waals surface area contributed by atoms with E-state index < -0.39 is 4.92 Å². The van der Waals surface area contributed by atoms with E-state index in [2.05, 4.69) is 15.5 Å². The lowest BCUT2D eigenvalue weighted by Gasteiger charge is -2.10. The lowest BCUT2D eigenvalue weighted by atomic mass is 10.1. The Bertz CT molecular complexity index is 1000. The summed E-state index contributed by atoms with van der Waals surface area (Å²) in [4.78, 5) is 23.1. The number of nitrogens with one attached hydrogen (secondary N) is 1. The summed E-state index contributed by atoms with van der Waals surface area (Å²) < 4.78 is 0. The maximum Gasteiger partial charge on any atom is 0.293 e. The predicted molar refractivity (Wildman–Crippen MR) is 101 cm³/mol. The van der Waals surface area contributed by atoms with Gasteiger partial charge in [0.2, 0.25) is 5.91 Å². The summed E-state index contributed by atoms with van der Waals surface area (Å²) in [6, 6.07) is 10.9. The predicted octanol–water partition coefficient (Wildman–Crippen LogP) is 3.89. The van der Waals surface area contributed by atoms with Crippen LogP contribution in [0.2, 0.25) is 0 Å². The largest absolute Gasteiger partial charge is 0.319 e. The molecule has 1 heterocycles. The summed E-state index contributed by atoms with van der Waals surface area (Å²) in [7, 11) is 0. The van der Waals surface area contributed by atoms with Crippen molar-refractivity contribution >= 4 is 39.8 Å². The first-order valence-corrected chi connectivity index (χ1v) is 8.83. The van der Waals surface area contributed by atoms with Crippen LogP contribution in [0.4, 0.5) is 11.4 Å². The zero-order chi connectivity index (χ0) is 18.7. The van der Waals surface area contributed by atoms with E-state index in [0.717, 1.165) is 16.3 Å². The highest BCUT2D eigenvalue weighted by Crippen LogP contribution is 2.30. The van der Waals surface area contributed by atoms with Gasteiger partial charge in [-0.05, 0) is 25.0 Å². The minimum atomic E-state index is -0.487. The summed E-state index contributed by atoms with van der Waals surface area (Å²) >= 11 is 1.25. The number of aryl methyl sites for hydroxylation is 2. The molecule has 132 valence electrons. The average Bonchev–Trinajstić information content (AvgIpc) is 2.61. The number of benzene rings is 2. The third-order valence-electron chi connectivity index (χ3n) is 3.80. The van der Waals surface area contributed by atoms with Crippen LogP contribution >= 0.6 is 11.8 Å². The van der Waals surface area contributed by atoms with Crippen LogP contribution in [-0.2, 0) is 4.79 Å². The average molecular weight is 368 g/mol. The first kappa shape index (κ1) is 17.8. The summed E-state index contributed by atoms with van der Waals surface area (Å²) in [6.45, 7) is 3.51. The molecule has 7 nitrogen and oxygen atoms in total. The van der Waals surface area contributed by atoms with Crippen LogP contribution < -0.4 is 5.32 Å². The molecule has 0 saturated heterocycles. The maximum atomic E-state index is 12.3. The van der Waals surface area contributed by atoms with Gasteiger partial charge in [-0.25, -0.2) is 0 Å². The summed E-state index contributed by atoms with van der Waals surface area (Å²) in [6.07, 6.45) is 1.67. The summed E-state index contributed by atoms with van der Waals surface area (Å²) in [5.41, 5.74) is 1.55. The highest BCUT2D eigenvalue weighted by atomic mass is 32.2. The molecule has 0 spiro atoms. The molecule has 0 bridgehead atoms. The Balaban J connectivity index is 1.77. The second kappa shape index (κ2) is 7.49. The smallest absolute Gasteiger partial charge is 0.293 e. The summed E-state index contributed by atoms with van der Waals surface area (Å²) in [5, 5.41) is 24.5. The third kappa shape index (κ3) is 3.80. The summed E-state index contributed by atoms with van der Waals surface area (Å²) in [5.74, 6) is -0.257. The molecule has 0 aliphatic rings. The monoisotopic (exact) mass is 368 g/mol. The highest BCUT2D eigenvalue weighted by Gasteiger charge is 2.19. The molecule has 0 fully saturated rings. The van der Waals surface area contributed by atoms with Gasteiger partial charge < -0.3 is 5.32 Å². The fraction of sp³-hybridized carbons (Fsp3) is 0.167. The zero-order valence-electron chi connectivity index (χ0n) is 14.2. The minimum Gasteiger partial charge on any atom is -0.319 e. The molecule has 1 aromatic heterocycles. The number of thioether (sulfide) groups is 1. The van der Waals surface area contributed by atoms with Crippen molar-refractivity contribution in [2.45, 2.75) is 18.9 Å². The van der Waals surface area contributed by atoms with E-state index in [-0.39, 0.29) is 23.0 Å².